The highest BCUT2D eigenvalue weighted by atomic mass is 32.1. The van der Waals surface area contributed by atoms with Crippen molar-refractivity contribution in [2.45, 2.75) is 32.3 Å². The van der Waals surface area contributed by atoms with Crippen molar-refractivity contribution in [3.8, 4) is 5.75 Å². The standard InChI is InChI=1S/C15H16N2OS2/c1-9-4-2-3-5-11(9)18-8-12-17-13(10-6-7-10)14(20-12)15(16)19/h2-5,10H,6-8H2,1H3,(H2,16,19). The number of ether oxygens (including phenoxy) is 1. The van der Waals surface area contributed by atoms with Gasteiger partial charge in [-0.15, -0.1) is 11.3 Å². The van der Waals surface area contributed by atoms with E-state index in [1.165, 1.54) is 12.8 Å². The quantitative estimate of drug-likeness (QED) is 0.858. The molecule has 1 heterocycles. The molecule has 1 saturated carbocycles. The summed E-state index contributed by atoms with van der Waals surface area (Å²) < 4.78 is 5.83. The highest BCUT2D eigenvalue weighted by molar-refractivity contribution is 7.81. The Labute approximate surface area is 127 Å². The van der Waals surface area contributed by atoms with Crippen LogP contribution in [0.5, 0.6) is 5.75 Å². The van der Waals surface area contributed by atoms with Crippen molar-refractivity contribution in [3.63, 3.8) is 0 Å². The number of nitrogens with zero attached hydrogens (tertiary/aromatic N) is 1. The lowest BCUT2D eigenvalue weighted by Gasteiger charge is -2.06. The van der Waals surface area contributed by atoms with E-state index in [2.05, 4.69) is 4.98 Å². The highest BCUT2D eigenvalue weighted by Crippen LogP contribution is 2.42. The number of thiazole rings is 1. The Kier molecular flexibility index (Phi) is 3.72. The highest BCUT2D eigenvalue weighted by Gasteiger charge is 2.30. The lowest BCUT2D eigenvalue weighted by atomic mass is 10.2. The Balaban J connectivity index is 1.76. The van der Waals surface area contributed by atoms with Crippen LogP contribution in [-0.4, -0.2) is 9.97 Å². The zero-order chi connectivity index (χ0) is 14.1. The molecule has 0 aliphatic heterocycles. The zero-order valence-electron chi connectivity index (χ0n) is 11.3. The van der Waals surface area contributed by atoms with Crippen molar-refractivity contribution in [2.24, 2.45) is 5.73 Å². The number of nitrogens with two attached hydrogens (primary N) is 1. The molecule has 1 aliphatic carbocycles. The summed E-state index contributed by atoms with van der Waals surface area (Å²) in [5, 5.41) is 0.943. The van der Waals surface area contributed by atoms with Gasteiger partial charge in [-0.3, -0.25) is 0 Å². The molecule has 0 saturated heterocycles. The maximum Gasteiger partial charge on any atom is 0.140 e. The van der Waals surface area contributed by atoms with Gasteiger partial charge < -0.3 is 10.5 Å². The van der Waals surface area contributed by atoms with Crippen molar-refractivity contribution in [3.05, 3.63) is 45.4 Å². The lowest BCUT2D eigenvalue weighted by molar-refractivity contribution is 0.303. The van der Waals surface area contributed by atoms with Gasteiger partial charge in [0.05, 0.1) is 10.6 Å². The van der Waals surface area contributed by atoms with Crippen molar-refractivity contribution in [2.75, 3.05) is 0 Å². The molecule has 1 aliphatic rings. The van der Waals surface area contributed by atoms with Crippen LogP contribution in [0.2, 0.25) is 0 Å². The topological polar surface area (TPSA) is 48.1 Å². The second-order valence-corrected chi connectivity index (χ2v) is 6.54. The van der Waals surface area contributed by atoms with E-state index in [9.17, 15) is 0 Å². The molecule has 20 heavy (non-hydrogen) atoms. The molecular formula is C15H16N2OS2. The van der Waals surface area contributed by atoms with Crippen molar-refractivity contribution >= 4 is 28.5 Å². The minimum atomic E-state index is 0.451. The Morgan fingerprint density at radius 1 is 1.45 bits per heavy atom. The summed E-state index contributed by atoms with van der Waals surface area (Å²) in [5.41, 5.74) is 7.99. The van der Waals surface area contributed by atoms with E-state index < -0.39 is 0 Å². The molecular weight excluding hydrogens is 288 g/mol. The summed E-state index contributed by atoms with van der Waals surface area (Å²) in [6, 6.07) is 7.98. The van der Waals surface area contributed by atoms with E-state index in [1.807, 2.05) is 31.2 Å². The molecule has 0 amide bonds. The second-order valence-electron chi connectivity index (χ2n) is 5.01. The minimum Gasteiger partial charge on any atom is -0.486 e. The molecule has 3 nitrogen and oxygen atoms in total. The summed E-state index contributed by atoms with van der Waals surface area (Å²) in [5.74, 6) is 1.45. The first kappa shape index (κ1) is 13.5. The van der Waals surface area contributed by atoms with E-state index in [0.29, 0.717) is 17.5 Å². The number of aryl methyl sites for hydroxylation is 1. The molecule has 1 aromatic heterocycles. The van der Waals surface area contributed by atoms with Crippen molar-refractivity contribution in [1.82, 2.24) is 4.98 Å². The van der Waals surface area contributed by atoms with Gasteiger partial charge in [0.2, 0.25) is 0 Å². The first-order valence-electron chi connectivity index (χ1n) is 6.63. The first-order chi connectivity index (χ1) is 9.65. The second kappa shape index (κ2) is 5.50. The van der Waals surface area contributed by atoms with Gasteiger partial charge >= 0.3 is 0 Å². The van der Waals surface area contributed by atoms with Gasteiger partial charge in [-0.2, -0.15) is 0 Å². The maximum atomic E-state index is 5.83. The molecule has 0 radical (unpaired) electrons. The van der Waals surface area contributed by atoms with E-state index in [4.69, 9.17) is 22.7 Å². The molecule has 0 atom stereocenters. The molecule has 1 fully saturated rings. The minimum absolute atomic E-state index is 0.451. The van der Waals surface area contributed by atoms with Crippen LogP contribution < -0.4 is 10.5 Å². The first-order valence-corrected chi connectivity index (χ1v) is 7.85. The van der Waals surface area contributed by atoms with Crippen LogP contribution in [0.4, 0.5) is 0 Å². The number of hydrogen-bond acceptors (Lipinski definition) is 4. The van der Waals surface area contributed by atoms with E-state index in [1.54, 1.807) is 11.3 Å². The largest absolute Gasteiger partial charge is 0.486 e. The number of rotatable bonds is 5. The van der Waals surface area contributed by atoms with Crippen LogP contribution in [0.15, 0.2) is 24.3 Å². The third-order valence-corrected chi connectivity index (χ3v) is 4.74. The zero-order valence-corrected chi connectivity index (χ0v) is 12.9. The number of benzene rings is 1. The van der Waals surface area contributed by atoms with E-state index >= 15 is 0 Å². The third kappa shape index (κ3) is 2.83. The van der Waals surface area contributed by atoms with Crippen molar-refractivity contribution < 1.29 is 4.74 Å². The molecule has 0 bridgehead atoms. The van der Waals surface area contributed by atoms with Crippen LogP contribution in [-0.2, 0) is 6.61 Å². The molecule has 2 N–H and O–H groups in total. The molecule has 0 spiro atoms. The molecule has 1 aromatic carbocycles. The molecule has 104 valence electrons. The Morgan fingerprint density at radius 2 is 2.20 bits per heavy atom. The SMILES string of the molecule is Cc1ccccc1OCc1nc(C2CC2)c(C(N)=S)s1. The van der Waals surface area contributed by atoms with Crippen LogP contribution >= 0.6 is 23.6 Å². The van der Waals surface area contributed by atoms with Crippen LogP contribution in [0.1, 0.15) is 39.9 Å². The van der Waals surface area contributed by atoms with Crippen LogP contribution in [0.3, 0.4) is 0 Å². The fraction of sp³-hybridized carbons (Fsp3) is 0.333. The summed E-state index contributed by atoms with van der Waals surface area (Å²) in [6.45, 7) is 2.51. The Hall–Kier alpha value is -1.46. The lowest BCUT2D eigenvalue weighted by Crippen LogP contribution is -2.09. The summed E-state index contributed by atoms with van der Waals surface area (Å²) in [7, 11) is 0. The normalized spacial score (nSPS) is 14.2. The molecule has 5 heteroatoms. The molecule has 2 aromatic rings. The van der Waals surface area contributed by atoms with Crippen LogP contribution in [0, 0.1) is 6.92 Å². The van der Waals surface area contributed by atoms with Gasteiger partial charge in [-0.05, 0) is 31.4 Å². The number of aromatic nitrogens is 1. The maximum absolute atomic E-state index is 5.83. The summed E-state index contributed by atoms with van der Waals surface area (Å²) in [6.07, 6.45) is 2.38. The smallest absolute Gasteiger partial charge is 0.140 e. The predicted molar refractivity (Wildman–Crippen MR) is 85.5 cm³/mol. The molecule has 0 unspecified atom stereocenters. The van der Waals surface area contributed by atoms with Gasteiger partial charge in [0.1, 0.15) is 22.4 Å². The summed E-state index contributed by atoms with van der Waals surface area (Å²) in [4.78, 5) is 6.08. The number of hydrogen-bond donors (Lipinski definition) is 1. The van der Waals surface area contributed by atoms with Crippen LogP contribution in [0.25, 0.3) is 0 Å². The monoisotopic (exact) mass is 304 g/mol. The summed E-state index contributed by atoms with van der Waals surface area (Å²) >= 11 is 6.67. The average Bonchev–Trinajstić information content (AvgIpc) is 3.18. The van der Waals surface area contributed by atoms with Gasteiger partial charge in [-0.25, -0.2) is 4.98 Å². The predicted octanol–water partition coefficient (Wildman–Crippen LogP) is 3.54. The molecule has 3 rings (SSSR count). The van der Waals surface area contributed by atoms with Gasteiger partial charge in [-0.1, -0.05) is 30.4 Å². The van der Waals surface area contributed by atoms with Gasteiger partial charge in [0, 0.05) is 5.92 Å². The fourth-order valence-corrected chi connectivity index (χ4v) is 3.25. The van der Waals surface area contributed by atoms with Crippen molar-refractivity contribution in [1.29, 1.82) is 0 Å². The van der Waals surface area contributed by atoms with Gasteiger partial charge in [0.25, 0.3) is 0 Å². The third-order valence-electron chi connectivity index (χ3n) is 3.33. The van der Waals surface area contributed by atoms with Gasteiger partial charge in [0.15, 0.2) is 0 Å². The Bertz CT molecular complexity index is 647. The van der Waals surface area contributed by atoms with E-state index in [0.717, 1.165) is 26.9 Å². The number of thiocarbonyl (C=S) groups is 1. The fourth-order valence-electron chi connectivity index (χ4n) is 2.11. The average molecular weight is 304 g/mol. The number of para-hydroxylation sites is 1. The van der Waals surface area contributed by atoms with E-state index in [-0.39, 0.29) is 0 Å². The Morgan fingerprint density at radius 3 is 2.85 bits per heavy atom.